The van der Waals surface area contributed by atoms with E-state index in [1.807, 2.05) is 25.3 Å². The monoisotopic (exact) mass is 323 g/mol. The summed E-state index contributed by atoms with van der Waals surface area (Å²) in [5, 5.41) is 0. The van der Waals surface area contributed by atoms with Gasteiger partial charge in [0, 0.05) is 24.7 Å². The van der Waals surface area contributed by atoms with E-state index in [0.29, 0.717) is 17.9 Å². The lowest BCUT2D eigenvalue weighted by atomic mass is 9.97. The largest absolute Gasteiger partial charge is 0.492 e. The van der Waals surface area contributed by atoms with Crippen molar-refractivity contribution in [1.29, 1.82) is 0 Å². The topological polar surface area (TPSA) is 48.4 Å². The molecule has 0 spiro atoms. The van der Waals surface area contributed by atoms with E-state index in [4.69, 9.17) is 9.47 Å². The van der Waals surface area contributed by atoms with Crippen LogP contribution in [0.4, 0.5) is 0 Å². The molecular weight excluding hydrogens is 302 g/mol. The molecule has 4 heteroatoms. The minimum absolute atomic E-state index is 0.0840. The summed E-state index contributed by atoms with van der Waals surface area (Å²) in [7, 11) is 0. The van der Waals surface area contributed by atoms with Gasteiger partial charge in [0.1, 0.15) is 17.4 Å². The second-order valence-corrected chi connectivity index (χ2v) is 6.67. The van der Waals surface area contributed by atoms with Gasteiger partial charge in [-0.1, -0.05) is 12.1 Å². The average Bonchev–Trinajstić information content (AvgIpc) is 3.23. The van der Waals surface area contributed by atoms with Gasteiger partial charge in [-0.2, -0.15) is 0 Å². The summed E-state index contributed by atoms with van der Waals surface area (Å²) < 4.78 is 11.6. The van der Waals surface area contributed by atoms with Crippen molar-refractivity contribution in [2.24, 2.45) is 0 Å². The molecule has 2 atom stereocenters. The molecule has 4 rings (SSSR count). The van der Waals surface area contributed by atoms with Crippen LogP contribution >= 0.6 is 0 Å². The number of hydrogen-bond donors (Lipinski definition) is 0. The van der Waals surface area contributed by atoms with Gasteiger partial charge in [-0.25, -0.2) is 4.79 Å². The lowest BCUT2D eigenvalue weighted by Gasteiger charge is -2.21. The molecule has 0 bridgehead atoms. The number of aryl methyl sites for hydroxylation is 1. The van der Waals surface area contributed by atoms with Crippen molar-refractivity contribution >= 4 is 5.97 Å². The zero-order chi connectivity index (χ0) is 16.5. The maximum absolute atomic E-state index is 12.8. The van der Waals surface area contributed by atoms with Gasteiger partial charge in [-0.15, -0.1) is 0 Å². The molecule has 2 heterocycles. The summed E-state index contributed by atoms with van der Waals surface area (Å²) in [4.78, 5) is 17.0. The zero-order valence-corrected chi connectivity index (χ0v) is 13.8. The summed E-state index contributed by atoms with van der Waals surface area (Å²) in [5.74, 6) is 0.681. The van der Waals surface area contributed by atoms with E-state index >= 15 is 0 Å². The molecule has 0 amide bonds. The van der Waals surface area contributed by atoms with Crippen molar-refractivity contribution in [1.82, 2.24) is 4.98 Å². The Morgan fingerprint density at radius 2 is 2.25 bits per heavy atom. The van der Waals surface area contributed by atoms with Gasteiger partial charge in [0.15, 0.2) is 0 Å². The predicted octanol–water partition coefficient (Wildman–Crippen LogP) is 3.82. The lowest BCUT2D eigenvalue weighted by molar-refractivity contribution is 0.0275. The van der Waals surface area contributed by atoms with Gasteiger partial charge in [0.25, 0.3) is 0 Å². The van der Waals surface area contributed by atoms with E-state index < -0.39 is 0 Å². The molecule has 0 saturated heterocycles. The molecule has 1 aromatic carbocycles. The molecule has 4 nitrogen and oxygen atoms in total. The Labute approximate surface area is 141 Å². The van der Waals surface area contributed by atoms with E-state index in [9.17, 15) is 4.79 Å². The van der Waals surface area contributed by atoms with Gasteiger partial charge in [-0.3, -0.25) is 4.98 Å². The fourth-order valence-electron chi connectivity index (χ4n) is 3.86. The summed E-state index contributed by atoms with van der Waals surface area (Å²) in [6, 6.07) is 7.97. The van der Waals surface area contributed by atoms with Crippen LogP contribution in [0.5, 0.6) is 5.75 Å². The van der Waals surface area contributed by atoms with Crippen LogP contribution in [0.25, 0.3) is 0 Å². The van der Waals surface area contributed by atoms with Crippen molar-refractivity contribution in [3.05, 3.63) is 58.9 Å². The van der Waals surface area contributed by atoms with E-state index in [2.05, 4.69) is 17.1 Å². The molecule has 2 aromatic rings. The minimum Gasteiger partial charge on any atom is -0.492 e. The highest BCUT2D eigenvalue weighted by molar-refractivity contribution is 5.93. The highest BCUT2D eigenvalue weighted by Crippen LogP contribution is 2.38. The fourth-order valence-corrected chi connectivity index (χ4v) is 3.86. The molecule has 24 heavy (non-hydrogen) atoms. The number of rotatable bonds is 3. The zero-order valence-electron chi connectivity index (χ0n) is 13.8. The van der Waals surface area contributed by atoms with Crippen molar-refractivity contribution in [2.75, 3.05) is 6.61 Å². The summed E-state index contributed by atoms with van der Waals surface area (Å²) in [6.07, 6.45) is 7.43. The summed E-state index contributed by atoms with van der Waals surface area (Å²) in [6.45, 7) is 2.64. The molecule has 124 valence electrons. The highest BCUT2D eigenvalue weighted by Gasteiger charge is 2.33. The minimum atomic E-state index is -0.266. The van der Waals surface area contributed by atoms with Crippen molar-refractivity contribution in [3.8, 4) is 5.75 Å². The molecule has 0 radical (unpaired) electrons. The number of carbonyl (C=O) groups is 1. The van der Waals surface area contributed by atoms with Gasteiger partial charge in [0.05, 0.1) is 6.61 Å². The van der Waals surface area contributed by atoms with Crippen LogP contribution in [0.1, 0.15) is 52.2 Å². The number of fused-ring (bicyclic) bond motifs is 1. The molecular formula is C20H21NO3. The van der Waals surface area contributed by atoms with Crippen LogP contribution in [0.15, 0.2) is 36.7 Å². The summed E-state index contributed by atoms with van der Waals surface area (Å²) in [5.41, 5.74) is 3.90. The fraction of sp³-hybridized carbons (Fsp3) is 0.400. The molecule has 1 aliphatic heterocycles. The number of hydrogen-bond acceptors (Lipinski definition) is 4. The Hall–Kier alpha value is -2.36. The third-order valence-electron chi connectivity index (χ3n) is 4.97. The highest BCUT2D eigenvalue weighted by atomic mass is 16.5. The number of ether oxygens (including phenoxy) is 2. The van der Waals surface area contributed by atoms with Gasteiger partial charge in [-0.05, 0) is 55.0 Å². The molecule has 2 unspecified atom stereocenters. The van der Waals surface area contributed by atoms with Crippen LogP contribution < -0.4 is 4.74 Å². The van der Waals surface area contributed by atoms with E-state index in [1.54, 1.807) is 6.20 Å². The first-order chi connectivity index (χ1) is 11.7. The molecule has 1 fully saturated rings. The number of aromatic nitrogens is 1. The maximum atomic E-state index is 12.8. The van der Waals surface area contributed by atoms with E-state index in [1.165, 1.54) is 0 Å². The Morgan fingerprint density at radius 3 is 3.08 bits per heavy atom. The van der Waals surface area contributed by atoms with Gasteiger partial charge in [0.2, 0.25) is 0 Å². The molecule has 1 saturated carbocycles. The van der Waals surface area contributed by atoms with E-state index in [0.717, 1.165) is 42.4 Å². The first-order valence-electron chi connectivity index (χ1n) is 8.59. The van der Waals surface area contributed by atoms with E-state index in [-0.39, 0.29) is 18.0 Å². The van der Waals surface area contributed by atoms with Gasteiger partial charge < -0.3 is 9.47 Å². The SMILES string of the molecule is Cc1cc2c(c(C(=O)OC3CCCC3c3cccnc3)c1)OCC2. The Morgan fingerprint density at radius 1 is 1.33 bits per heavy atom. The number of benzene rings is 1. The van der Waals surface area contributed by atoms with Crippen LogP contribution in [-0.2, 0) is 11.2 Å². The Balaban J connectivity index is 1.56. The van der Waals surface area contributed by atoms with Crippen molar-refractivity contribution in [2.45, 2.75) is 44.6 Å². The van der Waals surface area contributed by atoms with Crippen LogP contribution in [0, 0.1) is 6.92 Å². The molecule has 1 aliphatic carbocycles. The molecule has 0 N–H and O–H groups in total. The Kier molecular flexibility index (Phi) is 3.97. The van der Waals surface area contributed by atoms with Gasteiger partial charge >= 0.3 is 5.97 Å². The third-order valence-corrected chi connectivity index (χ3v) is 4.97. The quantitative estimate of drug-likeness (QED) is 0.806. The normalized spacial score (nSPS) is 22.0. The second-order valence-electron chi connectivity index (χ2n) is 6.67. The molecule has 2 aliphatic rings. The predicted molar refractivity (Wildman–Crippen MR) is 90.4 cm³/mol. The average molecular weight is 323 g/mol. The molecule has 1 aromatic heterocycles. The van der Waals surface area contributed by atoms with Crippen LogP contribution in [0.2, 0.25) is 0 Å². The number of carbonyl (C=O) groups excluding carboxylic acids is 1. The smallest absolute Gasteiger partial charge is 0.342 e. The number of esters is 1. The third kappa shape index (κ3) is 2.77. The Bertz CT molecular complexity index is 757. The lowest BCUT2D eigenvalue weighted by Crippen LogP contribution is -2.21. The standard InChI is InChI=1S/C20H21NO3/c1-13-10-14-7-9-23-19(14)17(11-13)20(22)24-18-6-2-5-16(18)15-4-3-8-21-12-15/h3-4,8,10-12,16,18H,2,5-7,9H2,1H3. The first-order valence-corrected chi connectivity index (χ1v) is 8.59. The number of pyridine rings is 1. The van der Waals surface area contributed by atoms with Crippen molar-refractivity contribution < 1.29 is 14.3 Å². The maximum Gasteiger partial charge on any atom is 0.342 e. The first kappa shape index (κ1) is 15.2. The number of nitrogens with zero attached hydrogens (tertiary/aromatic N) is 1. The summed E-state index contributed by atoms with van der Waals surface area (Å²) >= 11 is 0. The second kappa shape index (κ2) is 6.27. The van der Waals surface area contributed by atoms with Crippen molar-refractivity contribution in [3.63, 3.8) is 0 Å². The van der Waals surface area contributed by atoms with Crippen LogP contribution in [0.3, 0.4) is 0 Å². The van der Waals surface area contributed by atoms with Crippen LogP contribution in [-0.4, -0.2) is 23.7 Å².